The molecule has 0 fully saturated rings. The lowest BCUT2D eigenvalue weighted by atomic mass is 10.1. The summed E-state index contributed by atoms with van der Waals surface area (Å²) in [5.74, 6) is -0.227. The Bertz CT molecular complexity index is 801. The Morgan fingerprint density at radius 3 is 2.60 bits per heavy atom. The zero-order chi connectivity index (χ0) is 18.6. The Hall–Kier alpha value is -2.05. The predicted molar refractivity (Wildman–Crippen MR) is 100 cm³/mol. The maximum atomic E-state index is 12.2. The summed E-state index contributed by atoms with van der Waals surface area (Å²) >= 11 is 7.31. The molecule has 1 aromatic heterocycles. The van der Waals surface area contributed by atoms with Crippen LogP contribution in [-0.4, -0.2) is 25.1 Å². The zero-order valence-electron chi connectivity index (χ0n) is 14.6. The van der Waals surface area contributed by atoms with Crippen LogP contribution in [0.4, 0.5) is 5.00 Å². The van der Waals surface area contributed by atoms with Crippen molar-refractivity contribution < 1.29 is 19.1 Å². The van der Waals surface area contributed by atoms with Gasteiger partial charge < -0.3 is 14.8 Å². The van der Waals surface area contributed by atoms with Crippen molar-refractivity contribution in [1.82, 2.24) is 0 Å². The topological polar surface area (TPSA) is 64.6 Å². The summed E-state index contributed by atoms with van der Waals surface area (Å²) in [5, 5.41) is 3.86. The van der Waals surface area contributed by atoms with E-state index in [0.717, 1.165) is 16.0 Å². The summed E-state index contributed by atoms with van der Waals surface area (Å²) in [4.78, 5) is 25.3. The summed E-state index contributed by atoms with van der Waals surface area (Å²) in [6.45, 7) is 7.44. The number of carbonyl (C=O) groups is 2. The van der Waals surface area contributed by atoms with E-state index in [1.54, 1.807) is 25.1 Å². The van der Waals surface area contributed by atoms with Gasteiger partial charge in [0.05, 0.1) is 12.2 Å². The molecule has 2 rings (SSSR count). The van der Waals surface area contributed by atoms with Gasteiger partial charge in [-0.1, -0.05) is 11.6 Å². The number of thiophene rings is 1. The molecule has 0 radical (unpaired) electrons. The number of halogens is 1. The average Bonchev–Trinajstić information content (AvgIpc) is 2.83. The minimum absolute atomic E-state index is 0.167. The maximum Gasteiger partial charge on any atom is 0.341 e. The van der Waals surface area contributed by atoms with Crippen LogP contribution in [0.3, 0.4) is 0 Å². The van der Waals surface area contributed by atoms with E-state index < -0.39 is 5.97 Å². The van der Waals surface area contributed by atoms with E-state index in [2.05, 4.69) is 5.32 Å². The van der Waals surface area contributed by atoms with Gasteiger partial charge in [-0.25, -0.2) is 4.79 Å². The van der Waals surface area contributed by atoms with Gasteiger partial charge in [-0.15, -0.1) is 11.3 Å². The molecule has 0 saturated carbocycles. The van der Waals surface area contributed by atoms with Gasteiger partial charge in [-0.2, -0.15) is 0 Å². The fraction of sp³-hybridized carbons (Fsp3) is 0.333. The molecule has 0 atom stereocenters. The van der Waals surface area contributed by atoms with E-state index in [9.17, 15) is 9.59 Å². The van der Waals surface area contributed by atoms with Crippen LogP contribution in [0.1, 0.15) is 33.3 Å². The Morgan fingerprint density at radius 2 is 1.96 bits per heavy atom. The molecule has 0 unspecified atom stereocenters. The molecular formula is C18H20ClNO4S. The first-order chi connectivity index (χ1) is 11.8. The molecule has 2 aromatic rings. The standard InChI is InChI=1S/C18H20ClNO4S/c1-5-23-18(22)16-11(3)12(4)25-17(16)20-15(21)9-24-13-6-7-14(19)10(2)8-13/h6-8H,5,9H2,1-4H3,(H,20,21). The van der Waals surface area contributed by atoms with Crippen LogP contribution >= 0.6 is 22.9 Å². The highest BCUT2D eigenvalue weighted by atomic mass is 35.5. The number of ether oxygens (including phenoxy) is 2. The SMILES string of the molecule is CCOC(=O)c1c(NC(=O)COc2ccc(Cl)c(C)c2)sc(C)c1C. The molecule has 0 spiro atoms. The molecule has 25 heavy (non-hydrogen) atoms. The van der Waals surface area contributed by atoms with Crippen molar-refractivity contribution in [2.75, 3.05) is 18.5 Å². The van der Waals surface area contributed by atoms with Crippen molar-refractivity contribution in [3.05, 3.63) is 44.8 Å². The summed E-state index contributed by atoms with van der Waals surface area (Å²) in [5.41, 5.74) is 2.08. The number of hydrogen-bond donors (Lipinski definition) is 1. The molecule has 5 nitrogen and oxygen atoms in total. The van der Waals surface area contributed by atoms with Crippen molar-refractivity contribution in [1.29, 1.82) is 0 Å². The number of benzene rings is 1. The lowest BCUT2D eigenvalue weighted by Gasteiger charge is -2.09. The molecule has 0 saturated heterocycles. The fourth-order valence-electron chi connectivity index (χ4n) is 2.18. The van der Waals surface area contributed by atoms with E-state index in [1.165, 1.54) is 11.3 Å². The van der Waals surface area contributed by atoms with E-state index in [1.807, 2.05) is 20.8 Å². The highest BCUT2D eigenvalue weighted by Crippen LogP contribution is 2.33. The first-order valence-corrected chi connectivity index (χ1v) is 8.98. The quantitative estimate of drug-likeness (QED) is 0.747. The Kier molecular flexibility index (Phi) is 6.45. The van der Waals surface area contributed by atoms with Crippen molar-refractivity contribution >= 4 is 39.8 Å². The summed E-state index contributed by atoms with van der Waals surface area (Å²) in [7, 11) is 0. The second-order valence-electron chi connectivity index (χ2n) is 5.46. The molecule has 7 heteroatoms. The largest absolute Gasteiger partial charge is 0.484 e. The lowest BCUT2D eigenvalue weighted by molar-refractivity contribution is -0.118. The highest BCUT2D eigenvalue weighted by Gasteiger charge is 2.22. The molecule has 1 heterocycles. The van der Waals surface area contributed by atoms with Gasteiger partial charge in [0.25, 0.3) is 5.91 Å². The molecule has 0 aliphatic heterocycles. The average molecular weight is 382 g/mol. The Labute approximate surface area is 155 Å². The van der Waals surface area contributed by atoms with Crippen LogP contribution in [0.25, 0.3) is 0 Å². The van der Waals surface area contributed by atoms with Gasteiger partial charge in [0, 0.05) is 9.90 Å². The number of hydrogen-bond acceptors (Lipinski definition) is 5. The van der Waals surface area contributed by atoms with Crippen molar-refractivity contribution in [2.45, 2.75) is 27.7 Å². The Balaban J connectivity index is 2.06. The van der Waals surface area contributed by atoms with E-state index >= 15 is 0 Å². The van der Waals surface area contributed by atoms with Gasteiger partial charge >= 0.3 is 5.97 Å². The smallest absolute Gasteiger partial charge is 0.341 e. The van der Waals surface area contributed by atoms with E-state index in [4.69, 9.17) is 21.1 Å². The van der Waals surface area contributed by atoms with Crippen molar-refractivity contribution in [3.63, 3.8) is 0 Å². The molecule has 0 bridgehead atoms. The normalized spacial score (nSPS) is 10.4. The van der Waals surface area contributed by atoms with Crippen LogP contribution in [0.2, 0.25) is 5.02 Å². The third-order valence-electron chi connectivity index (χ3n) is 3.62. The molecule has 134 valence electrons. The third-order valence-corrected chi connectivity index (χ3v) is 5.16. The maximum absolute atomic E-state index is 12.2. The molecule has 0 aliphatic rings. The highest BCUT2D eigenvalue weighted by molar-refractivity contribution is 7.16. The summed E-state index contributed by atoms with van der Waals surface area (Å²) < 4.78 is 10.5. The number of aryl methyl sites for hydroxylation is 2. The molecule has 1 aromatic carbocycles. The lowest BCUT2D eigenvalue weighted by Crippen LogP contribution is -2.21. The fourth-order valence-corrected chi connectivity index (χ4v) is 3.36. The number of anilines is 1. The third kappa shape index (κ3) is 4.74. The van der Waals surface area contributed by atoms with Crippen LogP contribution in [0.15, 0.2) is 18.2 Å². The van der Waals surface area contributed by atoms with Gasteiger partial charge in [-0.3, -0.25) is 4.79 Å². The second kappa shape index (κ2) is 8.36. The van der Waals surface area contributed by atoms with Gasteiger partial charge in [0.2, 0.25) is 0 Å². The number of amides is 1. The zero-order valence-corrected chi connectivity index (χ0v) is 16.1. The molecule has 1 N–H and O–H groups in total. The number of nitrogens with one attached hydrogen (secondary N) is 1. The first kappa shape index (κ1) is 19.3. The van der Waals surface area contributed by atoms with Crippen LogP contribution in [-0.2, 0) is 9.53 Å². The first-order valence-electron chi connectivity index (χ1n) is 7.79. The predicted octanol–water partition coefficient (Wildman–Crippen LogP) is 4.52. The number of rotatable bonds is 6. The van der Waals surface area contributed by atoms with Crippen LogP contribution in [0, 0.1) is 20.8 Å². The van der Waals surface area contributed by atoms with Gasteiger partial charge in [0.1, 0.15) is 10.8 Å². The summed E-state index contributed by atoms with van der Waals surface area (Å²) in [6, 6.07) is 5.18. The van der Waals surface area contributed by atoms with Crippen molar-refractivity contribution in [3.8, 4) is 5.75 Å². The monoisotopic (exact) mass is 381 g/mol. The molecular weight excluding hydrogens is 362 g/mol. The molecule has 1 amide bonds. The van der Waals surface area contributed by atoms with E-state index in [0.29, 0.717) is 21.3 Å². The van der Waals surface area contributed by atoms with E-state index in [-0.39, 0.29) is 19.1 Å². The van der Waals surface area contributed by atoms with Crippen LogP contribution < -0.4 is 10.1 Å². The minimum atomic E-state index is -0.436. The number of esters is 1. The van der Waals surface area contributed by atoms with Gasteiger partial charge in [-0.05, 0) is 57.0 Å². The molecule has 0 aliphatic carbocycles. The number of carbonyl (C=O) groups excluding carboxylic acids is 2. The van der Waals surface area contributed by atoms with Gasteiger partial charge in [0.15, 0.2) is 6.61 Å². The minimum Gasteiger partial charge on any atom is -0.484 e. The summed E-state index contributed by atoms with van der Waals surface area (Å²) in [6.07, 6.45) is 0. The Morgan fingerprint density at radius 1 is 1.24 bits per heavy atom. The second-order valence-corrected chi connectivity index (χ2v) is 7.09. The van der Waals surface area contributed by atoms with Crippen LogP contribution in [0.5, 0.6) is 5.75 Å². The van der Waals surface area contributed by atoms with Crippen molar-refractivity contribution in [2.24, 2.45) is 0 Å².